The van der Waals surface area contributed by atoms with Gasteiger partial charge >= 0.3 is 0 Å². The topological polar surface area (TPSA) is 111 Å². The molecule has 2 heterocycles. The van der Waals surface area contributed by atoms with Crippen LogP contribution in [-0.2, 0) is 10.0 Å². The van der Waals surface area contributed by atoms with Crippen molar-refractivity contribution in [3.63, 3.8) is 0 Å². The molecule has 0 amide bonds. The lowest BCUT2D eigenvalue weighted by molar-refractivity contribution is 0.427. The molecule has 0 aliphatic rings. The first kappa shape index (κ1) is 15.5. The van der Waals surface area contributed by atoms with Crippen LogP contribution in [0.25, 0.3) is 0 Å². The lowest BCUT2D eigenvalue weighted by Gasteiger charge is -2.11. The first-order chi connectivity index (χ1) is 9.79. The molecule has 112 valence electrons. The van der Waals surface area contributed by atoms with Crippen molar-refractivity contribution in [1.82, 2.24) is 14.7 Å². The van der Waals surface area contributed by atoms with E-state index < -0.39 is 16.1 Å². The van der Waals surface area contributed by atoms with Crippen molar-refractivity contribution < 1.29 is 12.8 Å². The predicted molar refractivity (Wildman–Crippen MR) is 80.1 cm³/mol. The predicted octanol–water partition coefficient (Wildman–Crippen LogP) is 1.05. The molecule has 2 rings (SSSR count). The van der Waals surface area contributed by atoms with Gasteiger partial charge in [-0.1, -0.05) is 12.2 Å². The third-order valence-electron chi connectivity index (χ3n) is 2.64. The Hall–Kier alpha value is -1.84. The van der Waals surface area contributed by atoms with Crippen molar-refractivity contribution in [2.75, 3.05) is 0 Å². The van der Waals surface area contributed by atoms with Crippen LogP contribution in [0.5, 0.6) is 0 Å². The summed E-state index contributed by atoms with van der Waals surface area (Å²) in [7, 11) is -3.74. The second-order valence-electron chi connectivity index (χ2n) is 4.40. The van der Waals surface area contributed by atoms with Crippen molar-refractivity contribution >= 4 is 27.2 Å². The first-order valence-corrected chi connectivity index (χ1v) is 7.89. The van der Waals surface area contributed by atoms with Gasteiger partial charge in [-0.2, -0.15) is 4.72 Å². The van der Waals surface area contributed by atoms with E-state index in [9.17, 15) is 8.42 Å². The number of oxazole rings is 1. The molecule has 9 heteroatoms. The monoisotopic (exact) mass is 326 g/mol. The summed E-state index contributed by atoms with van der Waals surface area (Å²) in [5.74, 6) is 0.905. The van der Waals surface area contributed by atoms with Gasteiger partial charge in [0.2, 0.25) is 15.9 Å². The van der Waals surface area contributed by atoms with E-state index >= 15 is 0 Å². The maximum atomic E-state index is 12.2. The molecule has 0 aliphatic heterocycles. The third kappa shape index (κ3) is 3.63. The SMILES string of the molecule is Cc1cnc(C(C)NS(=O)(=O)c2ccc(C(N)=S)nc2)o1. The third-order valence-corrected chi connectivity index (χ3v) is 4.38. The molecule has 2 aromatic rings. The zero-order valence-corrected chi connectivity index (χ0v) is 13.0. The highest BCUT2D eigenvalue weighted by molar-refractivity contribution is 7.89. The number of sulfonamides is 1. The number of hydrogen-bond acceptors (Lipinski definition) is 6. The van der Waals surface area contributed by atoms with E-state index in [1.165, 1.54) is 24.5 Å². The molecular weight excluding hydrogens is 312 g/mol. The smallest absolute Gasteiger partial charge is 0.242 e. The highest BCUT2D eigenvalue weighted by atomic mass is 32.2. The Labute approximate surface area is 127 Å². The van der Waals surface area contributed by atoms with E-state index in [1.54, 1.807) is 13.8 Å². The van der Waals surface area contributed by atoms with Crippen LogP contribution in [0.2, 0.25) is 0 Å². The average molecular weight is 326 g/mol. The van der Waals surface area contributed by atoms with Crippen molar-refractivity contribution in [1.29, 1.82) is 0 Å². The second kappa shape index (κ2) is 5.88. The minimum atomic E-state index is -3.74. The Kier molecular flexibility index (Phi) is 4.35. The normalized spacial score (nSPS) is 13.0. The molecule has 0 spiro atoms. The lowest BCUT2D eigenvalue weighted by Crippen LogP contribution is -2.27. The van der Waals surface area contributed by atoms with Gasteiger partial charge in [-0.25, -0.2) is 13.4 Å². The number of thiocarbonyl (C=S) groups is 1. The van der Waals surface area contributed by atoms with Gasteiger partial charge in [0.1, 0.15) is 15.6 Å². The Morgan fingerprint density at radius 2 is 2.10 bits per heavy atom. The summed E-state index contributed by atoms with van der Waals surface area (Å²) in [6, 6.07) is 2.24. The fourth-order valence-corrected chi connectivity index (χ4v) is 2.87. The van der Waals surface area contributed by atoms with Crippen LogP contribution in [-0.4, -0.2) is 23.4 Å². The number of hydrogen-bond donors (Lipinski definition) is 2. The number of nitrogens with two attached hydrogens (primary N) is 1. The lowest BCUT2D eigenvalue weighted by atomic mass is 10.3. The van der Waals surface area contributed by atoms with Crippen LogP contribution >= 0.6 is 12.2 Å². The van der Waals surface area contributed by atoms with E-state index in [-0.39, 0.29) is 9.88 Å². The summed E-state index contributed by atoms with van der Waals surface area (Å²) in [5.41, 5.74) is 5.78. The summed E-state index contributed by atoms with van der Waals surface area (Å²) in [6.07, 6.45) is 2.73. The van der Waals surface area contributed by atoms with Gasteiger partial charge in [-0.05, 0) is 26.0 Å². The molecule has 0 radical (unpaired) electrons. The Morgan fingerprint density at radius 1 is 1.38 bits per heavy atom. The van der Waals surface area contributed by atoms with Crippen LogP contribution in [0.1, 0.15) is 30.3 Å². The molecule has 0 saturated heterocycles. The maximum absolute atomic E-state index is 12.2. The molecule has 0 aliphatic carbocycles. The molecule has 2 aromatic heterocycles. The minimum Gasteiger partial charge on any atom is -0.444 e. The highest BCUT2D eigenvalue weighted by Crippen LogP contribution is 2.16. The van der Waals surface area contributed by atoms with Crippen molar-refractivity contribution in [3.8, 4) is 0 Å². The number of pyridine rings is 1. The van der Waals surface area contributed by atoms with Crippen LogP contribution in [0.15, 0.2) is 33.8 Å². The molecule has 0 bridgehead atoms. The number of aromatic nitrogens is 2. The zero-order chi connectivity index (χ0) is 15.6. The molecule has 0 saturated carbocycles. The molecule has 0 aromatic carbocycles. The van der Waals surface area contributed by atoms with E-state index in [0.717, 1.165) is 0 Å². The van der Waals surface area contributed by atoms with Gasteiger partial charge in [-0.3, -0.25) is 4.98 Å². The Balaban J connectivity index is 2.19. The number of nitrogens with one attached hydrogen (secondary N) is 1. The quantitative estimate of drug-likeness (QED) is 0.790. The van der Waals surface area contributed by atoms with Gasteiger partial charge in [0, 0.05) is 6.20 Å². The van der Waals surface area contributed by atoms with Crippen molar-refractivity contribution in [2.45, 2.75) is 24.8 Å². The Bertz CT molecular complexity index is 753. The highest BCUT2D eigenvalue weighted by Gasteiger charge is 2.21. The maximum Gasteiger partial charge on any atom is 0.242 e. The average Bonchev–Trinajstić information content (AvgIpc) is 2.85. The van der Waals surface area contributed by atoms with Gasteiger partial charge in [0.15, 0.2) is 0 Å². The van der Waals surface area contributed by atoms with E-state index in [4.69, 9.17) is 22.4 Å². The first-order valence-electron chi connectivity index (χ1n) is 6.00. The summed E-state index contributed by atoms with van der Waals surface area (Å²) < 4.78 is 32.2. The number of rotatable bonds is 5. The van der Waals surface area contributed by atoms with Crippen molar-refractivity contribution in [2.24, 2.45) is 5.73 Å². The molecule has 3 N–H and O–H groups in total. The molecule has 0 fully saturated rings. The van der Waals surface area contributed by atoms with E-state index in [0.29, 0.717) is 17.3 Å². The summed E-state index contributed by atoms with van der Waals surface area (Å²) >= 11 is 4.76. The standard InChI is InChI=1S/C12H14N4O3S2/c1-7-5-15-12(19-7)8(2)16-21(17,18)9-3-4-10(11(13)20)14-6-9/h3-6,8,16H,1-2H3,(H2,13,20). The zero-order valence-electron chi connectivity index (χ0n) is 11.4. The van der Waals surface area contributed by atoms with Crippen LogP contribution < -0.4 is 10.5 Å². The molecule has 7 nitrogen and oxygen atoms in total. The molecular formula is C12H14N4O3S2. The molecule has 21 heavy (non-hydrogen) atoms. The van der Waals surface area contributed by atoms with E-state index in [2.05, 4.69) is 14.7 Å². The minimum absolute atomic E-state index is 0.0117. The van der Waals surface area contributed by atoms with Crippen LogP contribution in [0, 0.1) is 6.92 Å². The van der Waals surface area contributed by atoms with Crippen molar-refractivity contribution in [3.05, 3.63) is 41.9 Å². The second-order valence-corrected chi connectivity index (χ2v) is 6.55. The van der Waals surface area contributed by atoms with Crippen LogP contribution in [0.4, 0.5) is 0 Å². The summed E-state index contributed by atoms with van der Waals surface area (Å²) in [6.45, 7) is 3.37. The largest absolute Gasteiger partial charge is 0.444 e. The number of nitrogens with zero attached hydrogens (tertiary/aromatic N) is 2. The van der Waals surface area contributed by atoms with Gasteiger partial charge in [0.25, 0.3) is 0 Å². The van der Waals surface area contributed by atoms with Gasteiger partial charge in [0.05, 0.1) is 17.9 Å². The van der Waals surface area contributed by atoms with E-state index in [1.807, 2.05) is 0 Å². The number of aryl methyl sites for hydroxylation is 1. The van der Waals surface area contributed by atoms with Gasteiger partial charge < -0.3 is 10.2 Å². The molecule has 1 unspecified atom stereocenters. The summed E-state index contributed by atoms with van der Waals surface area (Å²) in [5, 5.41) is 0. The molecule has 1 atom stereocenters. The van der Waals surface area contributed by atoms with Crippen LogP contribution in [0.3, 0.4) is 0 Å². The van der Waals surface area contributed by atoms with Gasteiger partial charge in [-0.15, -0.1) is 0 Å². The Morgan fingerprint density at radius 3 is 2.57 bits per heavy atom. The summed E-state index contributed by atoms with van der Waals surface area (Å²) in [4.78, 5) is 8.01. The fourth-order valence-electron chi connectivity index (χ4n) is 1.61. The fraction of sp³-hybridized carbons (Fsp3) is 0.250.